The first kappa shape index (κ1) is 15.2. The van der Waals surface area contributed by atoms with Crippen LogP contribution in [0.1, 0.15) is 17.2 Å². The lowest BCUT2D eigenvalue weighted by molar-refractivity contribution is 0.241. The number of hydrogen-bond donors (Lipinski definition) is 1. The van der Waals surface area contributed by atoms with Gasteiger partial charge in [0, 0.05) is 23.6 Å². The second kappa shape index (κ2) is 6.97. The highest BCUT2D eigenvalue weighted by Crippen LogP contribution is 2.23. The lowest BCUT2D eigenvalue weighted by Crippen LogP contribution is -2.30. The molecule has 0 saturated heterocycles. The maximum atomic E-state index is 13.2. The SMILES string of the molecule is CN(Cc1cccc(F)c1)C(CN)c1cccc(Br)c1. The van der Waals surface area contributed by atoms with E-state index in [0.717, 1.165) is 15.6 Å². The summed E-state index contributed by atoms with van der Waals surface area (Å²) in [6, 6.07) is 14.9. The maximum Gasteiger partial charge on any atom is 0.123 e. The van der Waals surface area contributed by atoms with Crippen LogP contribution in [0, 0.1) is 5.82 Å². The average Bonchev–Trinajstić information content (AvgIpc) is 2.39. The van der Waals surface area contributed by atoms with Gasteiger partial charge in [-0.05, 0) is 42.4 Å². The Hall–Kier alpha value is -1.23. The van der Waals surface area contributed by atoms with E-state index in [2.05, 4.69) is 33.0 Å². The molecule has 106 valence electrons. The first-order valence-corrected chi connectivity index (χ1v) is 7.29. The van der Waals surface area contributed by atoms with Crippen molar-refractivity contribution in [3.8, 4) is 0 Å². The van der Waals surface area contributed by atoms with Crippen LogP contribution in [-0.4, -0.2) is 18.5 Å². The minimum atomic E-state index is -0.206. The van der Waals surface area contributed by atoms with Gasteiger partial charge in [0.25, 0.3) is 0 Å². The Bertz CT molecular complexity index is 574. The molecule has 0 radical (unpaired) electrons. The maximum absolute atomic E-state index is 13.2. The number of likely N-dealkylation sites (N-methyl/N-ethyl adjacent to an activating group) is 1. The first-order valence-electron chi connectivity index (χ1n) is 6.50. The Morgan fingerprint density at radius 3 is 2.60 bits per heavy atom. The second-order valence-electron chi connectivity index (χ2n) is 4.85. The van der Waals surface area contributed by atoms with Crippen LogP contribution in [0.2, 0.25) is 0 Å². The zero-order chi connectivity index (χ0) is 14.5. The number of nitrogens with zero attached hydrogens (tertiary/aromatic N) is 1. The van der Waals surface area contributed by atoms with Gasteiger partial charge in [-0.25, -0.2) is 4.39 Å². The van der Waals surface area contributed by atoms with Crippen molar-refractivity contribution in [1.82, 2.24) is 4.90 Å². The number of rotatable bonds is 5. The molecule has 4 heteroatoms. The third-order valence-electron chi connectivity index (χ3n) is 3.31. The Morgan fingerprint density at radius 2 is 1.95 bits per heavy atom. The summed E-state index contributed by atoms with van der Waals surface area (Å²) in [5.41, 5.74) is 8.01. The standard InChI is InChI=1S/C16H18BrFN2/c1-20(11-12-4-2-7-15(18)8-12)16(10-19)13-5-3-6-14(17)9-13/h2-9,16H,10-11,19H2,1H3. The molecule has 0 heterocycles. The van der Waals surface area contributed by atoms with Gasteiger partial charge >= 0.3 is 0 Å². The summed E-state index contributed by atoms with van der Waals surface area (Å²) in [4.78, 5) is 2.14. The molecule has 1 unspecified atom stereocenters. The van der Waals surface area contributed by atoms with Gasteiger partial charge in [-0.3, -0.25) is 4.90 Å². The van der Waals surface area contributed by atoms with Crippen LogP contribution in [0.4, 0.5) is 4.39 Å². The summed E-state index contributed by atoms with van der Waals surface area (Å²) in [6.45, 7) is 1.18. The van der Waals surface area contributed by atoms with Crippen molar-refractivity contribution < 1.29 is 4.39 Å². The van der Waals surface area contributed by atoms with Crippen molar-refractivity contribution in [3.63, 3.8) is 0 Å². The Morgan fingerprint density at radius 1 is 1.20 bits per heavy atom. The summed E-state index contributed by atoms with van der Waals surface area (Å²) in [6.07, 6.45) is 0. The van der Waals surface area contributed by atoms with Crippen LogP contribution in [-0.2, 0) is 6.54 Å². The molecule has 0 aromatic heterocycles. The normalized spacial score (nSPS) is 12.7. The molecule has 0 aliphatic rings. The predicted octanol–water partition coefficient (Wildman–Crippen LogP) is 3.72. The van der Waals surface area contributed by atoms with Gasteiger partial charge in [0.2, 0.25) is 0 Å². The van der Waals surface area contributed by atoms with Crippen LogP contribution in [0.15, 0.2) is 53.0 Å². The van der Waals surface area contributed by atoms with Crippen LogP contribution >= 0.6 is 15.9 Å². The van der Waals surface area contributed by atoms with E-state index in [9.17, 15) is 4.39 Å². The predicted molar refractivity (Wildman–Crippen MR) is 83.8 cm³/mol. The fourth-order valence-corrected chi connectivity index (χ4v) is 2.73. The average molecular weight is 337 g/mol. The van der Waals surface area contributed by atoms with Gasteiger partial charge in [-0.15, -0.1) is 0 Å². The molecule has 0 fully saturated rings. The van der Waals surface area contributed by atoms with E-state index < -0.39 is 0 Å². The van der Waals surface area contributed by atoms with Crippen molar-refractivity contribution >= 4 is 15.9 Å². The molecule has 0 spiro atoms. The van der Waals surface area contributed by atoms with Gasteiger partial charge in [-0.1, -0.05) is 40.2 Å². The molecule has 2 rings (SSSR count). The third-order valence-corrected chi connectivity index (χ3v) is 3.80. The minimum absolute atomic E-state index is 0.107. The molecule has 2 aromatic carbocycles. The number of benzene rings is 2. The van der Waals surface area contributed by atoms with E-state index in [1.165, 1.54) is 6.07 Å². The van der Waals surface area contributed by atoms with Crippen LogP contribution < -0.4 is 5.73 Å². The molecule has 20 heavy (non-hydrogen) atoms. The highest BCUT2D eigenvalue weighted by Gasteiger charge is 2.16. The summed E-state index contributed by atoms with van der Waals surface area (Å²) in [7, 11) is 2.00. The van der Waals surface area contributed by atoms with Crippen molar-refractivity contribution in [2.24, 2.45) is 5.73 Å². The Labute approximate surface area is 127 Å². The van der Waals surface area contributed by atoms with Crippen molar-refractivity contribution in [3.05, 3.63) is 69.9 Å². The van der Waals surface area contributed by atoms with Crippen LogP contribution in [0.5, 0.6) is 0 Å². The minimum Gasteiger partial charge on any atom is -0.329 e. The molecule has 1 atom stereocenters. The van der Waals surface area contributed by atoms with Crippen LogP contribution in [0.25, 0.3) is 0 Å². The zero-order valence-corrected chi connectivity index (χ0v) is 13.0. The number of hydrogen-bond acceptors (Lipinski definition) is 2. The highest BCUT2D eigenvalue weighted by molar-refractivity contribution is 9.10. The second-order valence-corrected chi connectivity index (χ2v) is 5.77. The first-order chi connectivity index (χ1) is 9.60. The largest absolute Gasteiger partial charge is 0.329 e. The number of nitrogens with two attached hydrogens (primary N) is 1. The smallest absolute Gasteiger partial charge is 0.123 e. The molecule has 0 aliphatic heterocycles. The quantitative estimate of drug-likeness (QED) is 0.901. The van der Waals surface area contributed by atoms with E-state index >= 15 is 0 Å². The summed E-state index contributed by atoms with van der Waals surface area (Å²) >= 11 is 3.48. The fraction of sp³-hybridized carbons (Fsp3) is 0.250. The monoisotopic (exact) mass is 336 g/mol. The van der Waals surface area contributed by atoms with Crippen molar-refractivity contribution in [1.29, 1.82) is 0 Å². The molecule has 0 aliphatic carbocycles. The molecule has 2 aromatic rings. The molecule has 2 nitrogen and oxygen atoms in total. The molecular weight excluding hydrogens is 319 g/mol. The van der Waals surface area contributed by atoms with Crippen molar-refractivity contribution in [2.75, 3.05) is 13.6 Å². The summed E-state index contributed by atoms with van der Waals surface area (Å²) < 4.78 is 14.3. The van der Waals surface area contributed by atoms with Crippen LogP contribution in [0.3, 0.4) is 0 Å². The molecular formula is C16H18BrFN2. The fourth-order valence-electron chi connectivity index (χ4n) is 2.32. The Kier molecular flexibility index (Phi) is 5.29. The van der Waals surface area contributed by atoms with Gasteiger partial charge in [0.1, 0.15) is 5.82 Å². The van der Waals surface area contributed by atoms with E-state index in [1.54, 1.807) is 12.1 Å². The lowest BCUT2D eigenvalue weighted by atomic mass is 10.1. The summed E-state index contributed by atoms with van der Waals surface area (Å²) in [5.74, 6) is -0.206. The van der Waals surface area contributed by atoms with Crippen molar-refractivity contribution in [2.45, 2.75) is 12.6 Å². The lowest BCUT2D eigenvalue weighted by Gasteiger charge is -2.27. The van der Waals surface area contributed by atoms with Gasteiger partial charge in [0.05, 0.1) is 0 Å². The van der Waals surface area contributed by atoms with E-state index in [-0.39, 0.29) is 11.9 Å². The van der Waals surface area contributed by atoms with Gasteiger partial charge in [-0.2, -0.15) is 0 Å². The van der Waals surface area contributed by atoms with E-state index in [1.807, 2.05) is 25.2 Å². The third kappa shape index (κ3) is 3.88. The van der Waals surface area contributed by atoms with E-state index in [0.29, 0.717) is 13.1 Å². The Balaban J connectivity index is 2.15. The summed E-state index contributed by atoms with van der Waals surface area (Å²) in [5, 5.41) is 0. The topological polar surface area (TPSA) is 29.3 Å². The molecule has 0 saturated carbocycles. The number of halogens is 2. The highest BCUT2D eigenvalue weighted by atomic mass is 79.9. The molecule has 0 bridgehead atoms. The molecule has 2 N–H and O–H groups in total. The molecule has 0 amide bonds. The zero-order valence-electron chi connectivity index (χ0n) is 11.4. The van der Waals surface area contributed by atoms with Gasteiger partial charge < -0.3 is 5.73 Å². The van der Waals surface area contributed by atoms with E-state index in [4.69, 9.17) is 5.73 Å². The van der Waals surface area contributed by atoms with Gasteiger partial charge in [0.15, 0.2) is 0 Å².